The van der Waals surface area contributed by atoms with Gasteiger partial charge >= 0.3 is 6.09 Å². The first-order valence-electron chi connectivity index (χ1n) is 8.08. The van der Waals surface area contributed by atoms with Crippen LogP contribution >= 0.6 is 11.6 Å². The van der Waals surface area contributed by atoms with Crippen LogP contribution in [0.25, 0.3) is 0 Å². The molecule has 1 aromatic carbocycles. The van der Waals surface area contributed by atoms with Crippen LogP contribution in [0.15, 0.2) is 36.5 Å². The van der Waals surface area contributed by atoms with Gasteiger partial charge in [-0.05, 0) is 41.3 Å². The topological polar surface area (TPSA) is 45.7 Å². The molecule has 4 rings (SSSR count). The standard InChI is InChI=1S/C18H18ClN3O2/c19-17-10-13(4-6-20-17)11-21-7-5-15-14(12-21)2-1-3-16(15)22-8-9-24-18(22)23/h1-4,6,10H,5,7-9,11-12H2. The summed E-state index contributed by atoms with van der Waals surface area (Å²) in [6.07, 6.45) is 2.43. The Balaban J connectivity index is 1.54. The summed E-state index contributed by atoms with van der Waals surface area (Å²) in [5.41, 5.74) is 4.71. The molecule has 2 aliphatic rings. The summed E-state index contributed by atoms with van der Waals surface area (Å²) in [7, 11) is 0. The fourth-order valence-electron chi connectivity index (χ4n) is 3.45. The van der Waals surface area contributed by atoms with Crippen LogP contribution in [0.3, 0.4) is 0 Å². The highest BCUT2D eigenvalue weighted by Crippen LogP contribution is 2.31. The van der Waals surface area contributed by atoms with Gasteiger partial charge in [-0.25, -0.2) is 9.78 Å². The summed E-state index contributed by atoms with van der Waals surface area (Å²) in [6.45, 7) is 3.77. The molecule has 1 saturated heterocycles. The lowest BCUT2D eigenvalue weighted by Crippen LogP contribution is -2.32. The zero-order chi connectivity index (χ0) is 16.5. The first kappa shape index (κ1) is 15.4. The van der Waals surface area contributed by atoms with Gasteiger partial charge in [0.1, 0.15) is 11.8 Å². The van der Waals surface area contributed by atoms with Crippen LogP contribution in [-0.2, 0) is 24.2 Å². The van der Waals surface area contributed by atoms with Crippen molar-refractivity contribution in [2.45, 2.75) is 19.5 Å². The molecule has 0 atom stereocenters. The third-order valence-corrected chi connectivity index (χ3v) is 4.78. The number of carbonyl (C=O) groups excluding carboxylic acids is 1. The number of amides is 1. The smallest absolute Gasteiger partial charge is 0.414 e. The van der Waals surface area contributed by atoms with Gasteiger partial charge in [-0.1, -0.05) is 23.7 Å². The molecule has 3 heterocycles. The first-order chi connectivity index (χ1) is 11.7. The van der Waals surface area contributed by atoms with Crippen molar-refractivity contribution in [3.8, 4) is 0 Å². The van der Waals surface area contributed by atoms with E-state index in [4.69, 9.17) is 16.3 Å². The third kappa shape index (κ3) is 2.97. The van der Waals surface area contributed by atoms with Crippen molar-refractivity contribution in [1.82, 2.24) is 9.88 Å². The van der Waals surface area contributed by atoms with Gasteiger partial charge in [-0.15, -0.1) is 0 Å². The molecule has 1 aromatic heterocycles. The molecule has 1 amide bonds. The highest BCUT2D eigenvalue weighted by molar-refractivity contribution is 6.29. The lowest BCUT2D eigenvalue weighted by molar-refractivity contribution is 0.181. The number of pyridine rings is 1. The molecule has 124 valence electrons. The van der Waals surface area contributed by atoms with Crippen LogP contribution in [0, 0.1) is 0 Å². The van der Waals surface area contributed by atoms with Gasteiger partial charge in [0.15, 0.2) is 0 Å². The number of nitrogens with zero attached hydrogens (tertiary/aromatic N) is 3. The number of fused-ring (bicyclic) bond motifs is 1. The number of ether oxygens (including phenoxy) is 1. The van der Waals surface area contributed by atoms with Crippen molar-refractivity contribution in [2.75, 3.05) is 24.6 Å². The molecule has 5 nitrogen and oxygen atoms in total. The van der Waals surface area contributed by atoms with E-state index >= 15 is 0 Å². The Morgan fingerprint density at radius 2 is 2.17 bits per heavy atom. The highest BCUT2D eigenvalue weighted by atomic mass is 35.5. The van der Waals surface area contributed by atoms with Gasteiger partial charge in [0, 0.05) is 25.8 Å². The number of hydrogen-bond acceptors (Lipinski definition) is 4. The molecule has 0 unspecified atom stereocenters. The van der Waals surface area contributed by atoms with Crippen molar-refractivity contribution in [3.05, 3.63) is 58.4 Å². The summed E-state index contributed by atoms with van der Waals surface area (Å²) >= 11 is 5.97. The van der Waals surface area contributed by atoms with Gasteiger partial charge in [-0.2, -0.15) is 0 Å². The van der Waals surface area contributed by atoms with Crippen LogP contribution in [-0.4, -0.2) is 35.7 Å². The van der Waals surface area contributed by atoms with Crippen molar-refractivity contribution >= 4 is 23.4 Å². The summed E-state index contributed by atoms with van der Waals surface area (Å²) in [5, 5.41) is 0.528. The summed E-state index contributed by atoms with van der Waals surface area (Å²) in [4.78, 5) is 20.0. The number of cyclic esters (lactones) is 1. The molecule has 0 spiro atoms. The average molecular weight is 344 g/mol. The van der Waals surface area contributed by atoms with E-state index in [0.29, 0.717) is 18.3 Å². The van der Waals surface area contributed by atoms with E-state index in [1.54, 1.807) is 11.1 Å². The van der Waals surface area contributed by atoms with Crippen molar-refractivity contribution in [3.63, 3.8) is 0 Å². The SMILES string of the molecule is O=C1OCCN1c1cccc2c1CCN(Cc1ccnc(Cl)c1)C2. The summed E-state index contributed by atoms with van der Waals surface area (Å²) < 4.78 is 5.08. The van der Waals surface area contributed by atoms with Crippen LogP contribution < -0.4 is 4.90 Å². The number of halogens is 1. The maximum Gasteiger partial charge on any atom is 0.414 e. The number of benzene rings is 1. The van der Waals surface area contributed by atoms with E-state index in [2.05, 4.69) is 16.0 Å². The van der Waals surface area contributed by atoms with E-state index in [1.165, 1.54) is 11.1 Å². The van der Waals surface area contributed by atoms with E-state index < -0.39 is 0 Å². The van der Waals surface area contributed by atoms with Gasteiger partial charge in [0.2, 0.25) is 0 Å². The molecular weight excluding hydrogens is 326 g/mol. The number of carbonyl (C=O) groups is 1. The quantitative estimate of drug-likeness (QED) is 0.803. The van der Waals surface area contributed by atoms with E-state index in [9.17, 15) is 4.79 Å². The Labute approximate surface area is 145 Å². The first-order valence-corrected chi connectivity index (χ1v) is 8.46. The largest absolute Gasteiger partial charge is 0.447 e. The Morgan fingerprint density at radius 3 is 2.96 bits per heavy atom. The van der Waals surface area contributed by atoms with Crippen molar-refractivity contribution in [2.24, 2.45) is 0 Å². The molecule has 0 N–H and O–H groups in total. The highest BCUT2D eigenvalue weighted by Gasteiger charge is 2.28. The van der Waals surface area contributed by atoms with Crippen LogP contribution in [0.5, 0.6) is 0 Å². The van der Waals surface area contributed by atoms with Gasteiger partial charge in [0.25, 0.3) is 0 Å². The van der Waals surface area contributed by atoms with Crippen molar-refractivity contribution < 1.29 is 9.53 Å². The molecule has 0 aliphatic carbocycles. The number of rotatable bonds is 3. The Morgan fingerprint density at radius 1 is 1.25 bits per heavy atom. The predicted octanol–water partition coefficient (Wildman–Crippen LogP) is 3.25. The Kier molecular flexibility index (Phi) is 4.12. The fraction of sp³-hybridized carbons (Fsp3) is 0.333. The fourth-order valence-corrected chi connectivity index (χ4v) is 3.64. The Hall–Kier alpha value is -2.11. The summed E-state index contributed by atoms with van der Waals surface area (Å²) in [6, 6.07) is 10.1. The van der Waals surface area contributed by atoms with Gasteiger partial charge in [-0.3, -0.25) is 9.80 Å². The molecule has 0 radical (unpaired) electrons. The second kappa shape index (κ2) is 6.42. The second-order valence-corrected chi connectivity index (χ2v) is 6.52. The van der Waals surface area contributed by atoms with E-state index in [-0.39, 0.29) is 6.09 Å². The van der Waals surface area contributed by atoms with Crippen LogP contribution in [0.1, 0.15) is 16.7 Å². The van der Waals surface area contributed by atoms with Gasteiger partial charge in [0.05, 0.1) is 12.2 Å². The van der Waals surface area contributed by atoms with Crippen LogP contribution in [0.4, 0.5) is 10.5 Å². The maximum atomic E-state index is 11.9. The lowest BCUT2D eigenvalue weighted by atomic mass is 9.97. The number of anilines is 1. The normalized spacial score (nSPS) is 17.7. The molecular formula is C18H18ClN3O2. The lowest BCUT2D eigenvalue weighted by Gasteiger charge is -2.31. The molecule has 2 aromatic rings. The molecule has 0 saturated carbocycles. The Bertz CT molecular complexity index is 781. The minimum Gasteiger partial charge on any atom is -0.447 e. The van der Waals surface area contributed by atoms with E-state index in [1.807, 2.05) is 24.3 Å². The van der Waals surface area contributed by atoms with Gasteiger partial charge < -0.3 is 4.74 Å². The molecule has 1 fully saturated rings. The molecule has 6 heteroatoms. The zero-order valence-electron chi connectivity index (χ0n) is 13.2. The predicted molar refractivity (Wildman–Crippen MR) is 92.2 cm³/mol. The zero-order valence-corrected chi connectivity index (χ0v) is 14.0. The monoisotopic (exact) mass is 343 g/mol. The number of aromatic nitrogens is 1. The maximum absolute atomic E-state index is 11.9. The average Bonchev–Trinajstić information content (AvgIpc) is 3.00. The minimum atomic E-state index is -0.239. The summed E-state index contributed by atoms with van der Waals surface area (Å²) in [5.74, 6) is 0. The molecule has 2 aliphatic heterocycles. The van der Waals surface area contributed by atoms with Crippen LogP contribution in [0.2, 0.25) is 5.15 Å². The molecule has 24 heavy (non-hydrogen) atoms. The minimum absolute atomic E-state index is 0.239. The molecule has 0 bridgehead atoms. The second-order valence-electron chi connectivity index (χ2n) is 6.13. The number of hydrogen-bond donors (Lipinski definition) is 0. The van der Waals surface area contributed by atoms with Crippen molar-refractivity contribution in [1.29, 1.82) is 0 Å². The van der Waals surface area contributed by atoms with E-state index in [0.717, 1.165) is 37.3 Å². The third-order valence-electron chi connectivity index (χ3n) is 4.57.